The molecule has 1 fully saturated rings. The molecule has 4 nitrogen and oxygen atoms in total. The number of cyclic esters (lactones) is 2. The summed E-state index contributed by atoms with van der Waals surface area (Å²) < 4.78 is 37.0. The average molecular weight is 360 g/mol. The van der Waals surface area contributed by atoms with Crippen molar-refractivity contribution in [3.63, 3.8) is 0 Å². The van der Waals surface area contributed by atoms with E-state index in [2.05, 4.69) is 0 Å². The SMILES string of the molecule is CC1(C)OC(=O)C(Cc2ccc(F)cc2)(Cc2ccc(F)cc2)C(=O)O1. The molecule has 0 atom stereocenters. The molecule has 0 bridgehead atoms. The zero-order chi connectivity index (χ0) is 18.9. The van der Waals surface area contributed by atoms with Crippen LogP contribution in [-0.2, 0) is 31.9 Å². The molecule has 1 heterocycles. The van der Waals surface area contributed by atoms with Crippen LogP contribution in [0.25, 0.3) is 0 Å². The second kappa shape index (κ2) is 6.52. The standard InChI is InChI=1S/C20H18F2O4/c1-19(2)25-17(23)20(18(24)26-19,11-13-3-7-15(21)8-4-13)12-14-5-9-16(22)10-6-14/h3-10H,11-12H2,1-2H3. The monoisotopic (exact) mass is 360 g/mol. The molecule has 136 valence electrons. The third-order valence-corrected chi connectivity index (χ3v) is 4.30. The van der Waals surface area contributed by atoms with Crippen molar-refractivity contribution < 1.29 is 27.8 Å². The zero-order valence-corrected chi connectivity index (χ0v) is 14.4. The van der Waals surface area contributed by atoms with Gasteiger partial charge >= 0.3 is 11.9 Å². The number of carbonyl (C=O) groups excluding carboxylic acids is 2. The molecule has 6 heteroatoms. The van der Waals surface area contributed by atoms with Gasteiger partial charge in [0.2, 0.25) is 0 Å². The van der Waals surface area contributed by atoms with Gasteiger partial charge in [-0.1, -0.05) is 24.3 Å². The van der Waals surface area contributed by atoms with Crippen LogP contribution in [0, 0.1) is 17.0 Å². The Morgan fingerprint density at radius 3 is 1.42 bits per heavy atom. The molecule has 0 aromatic heterocycles. The molecule has 0 aliphatic carbocycles. The van der Waals surface area contributed by atoms with Gasteiger partial charge in [-0.15, -0.1) is 0 Å². The lowest BCUT2D eigenvalue weighted by molar-refractivity contribution is -0.251. The smallest absolute Gasteiger partial charge is 0.327 e. The summed E-state index contributed by atoms with van der Waals surface area (Å²) in [5, 5.41) is 0. The highest BCUT2D eigenvalue weighted by Gasteiger charge is 2.56. The Morgan fingerprint density at radius 1 is 0.731 bits per heavy atom. The second-order valence-electron chi connectivity index (χ2n) is 6.87. The van der Waals surface area contributed by atoms with Crippen molar-refractivity contribution in [2.45, 2.75) is 32.5 Å². The van der Waals surface area contributed by atoms with E-state index in [4.69, 9.17) is 9.47 Å². The lowest BCUT2D eigenvalue weighted by atomic mass is 9.75. The van der Waals surface area contributed by atoms with Crippen LogP contribution in [-0.4, -0.2) is 17.7 Å². The molecule has 3 rings (SSSR count). The molecule has 0 amide bonds. The molecule has 1 saturated heterocycles. The number of ether oxygens (including phenoxy) is 2. The van der Waals surface area contributed by atoms with Crippen molar-refractivity contribution in [3.8, 4) is 0 Å². The van der Waals surface area contributed by atoms with Gasteiger partial charge < -0.3 is 9.47 Å². The van der Waals surface area contributed by atoms with E-state index in [0.29, 0.717) is 11.1 Å². The van der Waals surface area contributed by atoms with Crippen molar-refractivity contribution in [1.29, 1.82) is 0 Å². The number of benzene rings is 2. The number of hydrogen-bond acceptors (Lipinski definition) is 4. The maximum absolute atomic E-state index is 13.2. The van der Waals surface area contributed by atoms with Crippen molar-refractivity contribution in [2.75, 3.05) is 0 Å². The summed E-state index contributed by atoms with van der Waals surface area (Å²) in [5.74, 6) is -3.63. The lowest BCUT2D eigenvalue weighted by Gasteiger charge is -2.40. The van der Waals surface area contributed by atoms with Gasteiger partial charge in [0, 0.05) is 13.8 Å². The summed E-state index contributed by atoms with van der Waals surface area (Å²) in [7, 11) is 0. The second-order valence-corrected chi connectivity index (χ2v) is 6.87. The Labute approximate surface area is 149 Å². The Hall–Kier alpha value is -2.76. The Bertz CT molecular complexity index is 756. The number of carbonyl (C=O) groups is 2. The first-order chi connectivity index (χ1) is 12.2. The van der Waals surface area contributed by atoms with Gasteiger partial charge in [0.25, 0.3) is 5.79 Å². The van der Waals surface area contributed by atoms with Crippen LogP contribution in [0.2, 0.25) is 0 Å². The first kappa shape index (κ1) is 18.0. The minimum atomic E-state index is -1.62. The van der Waals surface area contributed by atoms with Crippen LogP contribution in [0.3, 0.4) is 0 Å². The summed E-state index contributed by atoms with van der Waals surface area (Å²) in [6.07, 6.45) is -0.0309. The van der Waals surface area contributed by atoms with Gasteiger partial charge in [-0.05, 0) is 48.2 Å². The molecule has 1 aliphatic heterocycles. The molecule has 2 aromatic carbocycles. The summed E-state index contributed by atoms with van der Waals surface area (Å²) in [6.45, 7) is 2.95. The van der Waals surface area contributed by atoms with Crippen LogP contribution in [0.4, 0.5) is 8.78 Å². The van der Waals surface area contributed by atoms with E-state index in [1.807, 2.05) is 0 Å². The van der Waals surface area contributed by atoms with Crippen molar-refractivity contribution in [2.24, 2.45) is 5.41 Å². The van der Waals surface area contributed by atoms with Crippen molar-refractivity contribution in [1.82, 2.24) is 0 Å². The summed E-state index contributed by atoms with van der Waals surface area (Å²) >= 11 is 0. The van der Waals surface area contributed by atoms with Crippen LogP contribution >= 0.6 is 0 Å². The average Bonchev–Trinajstić information content (AvgIpc) is 2.56. The van der Waals surface area contributed by atoms with Gasteiger partial charge in [-0.3, -0.25) is 9.59 Å². The van der Waals surface area contributed by atoms with Crippen molar-refractivity contribution in [3.05, 3.63) is 71.3 Å². The highest BCUT2D eigenvalue weighted by atomic mass is 19.1. The van der Waals surface area contributed by atoms with Crippen molar-refractivity contribution >= 4 is 11.9 Å². The predicted molar refractivity (Wildman–Crippen MR) is 88.9 cm³/mol. The molecular weight excluding hydrogens is 342 g/mol. The molecule has 0 unspecified atom stereocenters. The summed E-state index contributed by atoms with van der Waals surface area (Å²) in [5.41, 5.74) is -0.449. The topological polar surface area (TPSA) is 52.6 Å². The number of halogens is 2. The van der Waals surface area contributed by atoms with Gasteiger partial charge in [0.1, 0.15) is 11.6 Å². The van der Waals surface area contributed by atoms with Crippen LogP contribution < -0.4 is 0 Å². The molecule has 0 N–H and O–H groups in total. The highest BCUT2D eigenvalue weighted by molar-refractivity contribution is 6.02. The van der Waals surface area contributed by atoms with Gasteiger partial charge in [-0.25, -0.2) is 8.78 Å². The van der Waals surface area contributed by atoms with Gasteiger partial charge in [0.05, 0.1) is 0 Å². The molecule has 26 heavy (non-hydrogen) atoms. The molecule has 2 aromatic rings. The van der Waals surface area contributed by atoms with E-state index >= 15 is 0 Å². The maximum Gasteiger partial charge on any atom is 0.327 e. The minimum Gasteiger partial charge on any atom is -0.422 e. The van der Waals surface area contributed by atoms with E-state index in [-0.39, 0.29) is 12.8 Å². The van der Waals surface area contributed by atoms with E-state index in [9.17, 15) is 18.4 Å². The Morgan fingerprint density at radius 2 is 1.08 bits per heavy atom. The number of hydrogen-bond donors (Lipinski definition) is 0. The fourth-order valence-corrected chi connectivity index (χ4v) is 3.00. The summed E-state index contributed by atoms with van der Waals surface area (Å²) in [4.78, 5) is 25.6. The first-order valence-corrected chi connectivity index (χ1v) is 8.16. The molecule has 1 aliphatic rings. The van der Waals surface area contributed by atoms with Crippen LogP contribution in [0.1, 0.15) is 25.0 Å². The fraction of sp³-hybridized carbons (Fsp3) is 0.300. The molecule has 0 saturated carbocycles. The van der Waals surface area contributed by atoms with Gasteiger partial charge in [-0.2, -0.15) is 0 Å². The third-order valence-electron chi connectivity index (χ3n) is 4.30. The largest absolute Gasteiger partial charge is 0.422 e. The molecule has 0 radical (unpaired) electrons. The van der Waals surface area contributed by atoms with E-state index in [1.165, 1.54) is 62.4 Å². The minimum absolute atomic E-state index is 0.0155. The van der Waals surface area contributed by atoms with Gasteiger partial charge in [0.15, 0.2) is 5.41 Å². The summed E-state index contributed by atoms with van der Waals surface area (Å²) in [6, 6.07) is 11.0. The first-order valence-electron chi connectivity index (χ1n) is 8.16. The van der Waals surface area contributed by atoms with E-state index in [1.54, 1.807) is 0 Å². The predicted octanol–water partition coefficient (Wildman–Crippen LogP) is 3.57. The quantitative estimate of drug-likeness (QED) is 0.618. The van der Waals surface area contributed by atoms with Crippen LogP contribution in [0.5, 0.6) is 0 Å². The normalized spacial score (nSPS) is 18.2. The third kappa shape index (κ3) is 3.59. The number of esters is 2. The fourth-order valence-electron chi connectivity index (χ4n) is 3.00. The molecule has 0 spiro atoms. The molecular formula is C20H18F2O4. The van der Waals surface area contributed by atoms with Crippen LogP contribution in [0.15, 0.2) is 48.5 Å². The maximum atomic E-state index is 13.2. The zero-order valence-electron chi connectivity index (χ0n) is 14.4. The van der Waals surface area contributed by atoms with E-state index in [0.717, 1.165) is 0 Å². The Balaban J connectivity index is 2.00. The Kier molecular flexibility index (Phi) is 4.52. The van der Waals surface area contributed by atoms with E-state index < -0.39 is 34.8 Å². The number of rotatable bonds is 4. The highest BCUT2D eigenvalue weighted by Crippen LogP contribution is 2.38. The lowest BCUT2D eigenvalue weighted by Crippen LogP contribution is -2.56.